The Morgan fingerprint density at radius 1 is 1.22 bits per heavy atom. The third kappa shape index (κ3) is 4.13. The summed E-state index contributed by atoms with van der Waals surface area (Å²) < 4.78 is 2.34. The molecule has 18 heavy (non-hydrogen) atoms. The van der Waals surface area contributed by atoms with Crippen LogP contribution >= 0.6 is 0 Å². The summed E-state index contributed by atoms with van der Waals surface area (Å²) in [6.45, 7) is 7.43. The predicted molar refractivity (Wildman–Crippen MR) is 75.6 cm³/mol. The van der Waals surface area contributed by atoms with Gasteiger partial charge in [0.15, 0.2) is 0 Å². The van der Waals surface area contributed by atoms with E-state index in [-0.39, 0.29) is 5.54 Å². The molecule has 3 nitrogen and oxygen atoms in total. The van der Waals surface area contributed by atoms with Crippen LogP contribution in [0.2, 0.25) is 0 Å². The molecule has 0 amide bonds. The molecule has 3 heteroatoms. The average Bonchev–Trinajstić information content (AvgIpc) is 2.60. The SMILES string of the molecule is CC(C)(C)NCc1cn(C2CCCCCC2)cn1. The minimum absolute atomic E-state index is 0.159. The van der Waals surface area contributed by atoms with Crippen molar-refractivity contribution in [3.8, 4) is 0 Å². The Hall–Kier alpha value is -0.830. The van der Waals surface area contributed by atoms with Crippen LogP contribution in [0.3, 0.4) is 0 Å². The molecule has 0 radical (unpaired) electrons. The molecular weight excluding hydrogens is 222 g/mol. The van der Waals surface area contributed by atoms with Gasteiger partial charge in [0.2, 0.25) is 0 Å². The molecule has 1 heterocycles. The fourth-order valence-electron chi connectivity index (χ4n) is 2.58. The summed E-state index contributed by atoms with van der Waals surface area (Å²) in [6.07, 6.45) is 12.5. The summed E-state index contributed by atoms with van der Waals surface area (Å²) in [4.78, 5) is 4.53. The summed E-state index contributed by atoms with van der Waals surface area (Å²) >= 11 is 0. The van der Waals surface area contributed by atoms with E-state index < -0.39 is 0 Å². The van der Waals surface area contributed by atoms with E-state index in [4.69, 9.17) is 0 Å². The van der Waals surface area contributed by atoms with Crippen LogP contribution in [-0.4, -0.2) is 15.1 Å². The van der Waals surface area contributed by atoms with Crippen molar-refractivity contribution in [1.82, 2.24) is 14.9 Å². The monoisotopic (exact) mass is 249 g/mol. The Bertz CT molecular complexity index is 354. The summed E-state index contributed by atoms with van der Waals surface area (Å²) in [6, 6.07) is 0.684. The maximum absolute atomic E-state index is 4.53. The van der Waals surface area contributed by atoms with E-state index in [1.54, 1.807) is 0 Å². The number of hydrogen-bond donors (Lipinski definition) is 1. The van der Waals surface area contributed by atoms with Crippen molar-refractivity contribution in [2.75, 3.05) is 0 Å². The minimum atomic E-state index is 0.159. The fraction of sp³-hybridized carbons (Fsp3) is 0.800. The standard InChI is InChI=1S/C15H27N3/c1-15(2,3)17-10-13-11-18(12-16-13)14-8-6-4-5-7-9-14/h11-12,14,17H,4-10H2,1-3H3. The third-order valence-corrected chi connectivity index (χ3v) is 3.70. The molecule has 1 saturated carbocycles. The van der Waals surface area contributed by atoms with Gasteiger partial charge in [-0.1, -0.05) is 25.7 Å². The number of nitrogens with zero attached hydrogens (tertiary/aromatic N) is 2. The molecule has 1 aromatic rings. The highest BCUT2D eigenvalue weighted by molar-refractivity contribution is 4.99. The first-order valence-electron chi connectivity index (χ1n) is 7.32. The lowest BCUT2D eigenvalue weighted by atomic mass is 10.1. The van der Waals surface area contributed by atoms with Gasteiger partial charge < -0.3 is 9.88 Å². The molecule has 0 bridgehead atoms. The van der Waals surface area contributed by atoms with Crippen molar-refractivity contribution < 1.29 is 0 Å². The number of nitrogens with one attached hydrogen (secondary N) is 1. The van der Waals surface area contributed by atoms with E-state index >= 15 is 0 Å². The summed E-state index contributed by atoms with van der Waals surface area (Å²) in [5.41, 5.74) is 1.32. The highest BCUT2D eigenvalue weighted by atomic mass is 15.1. The van der Waals surface area contributed by atoms with Crippen LogP contribution in [0.1, 0.15) is 71.0 Å². The second-order valence-corrected chi connectivity index (χ2v) is 6.56. The van der Waals surface area contributed by atoms with Crippen molar-refractivity contribution in [2.24, 2.45) is 0 Å². The van der Waals surface area contributed by atoms with Crippen molar-refractivity contribution in [3.63, 3.8) is 0 Å². The lowest BCUT2D eigenvalue weighted by Crippen LogP contribution is -2.35. The first kappa shape index (κ1) is 13.6. The molecule has 1 aromatic heterocycles. The molecule has 102 valence electrons. The lowest BCUT2D eigenvalue weighted by Gasteiger charge is -2.19. The number of imidazole rings is 1. The molecule has 1 aliphatic rings. The first-order valence-corrected chi connectivity index (χ1v) is 7.32. The molecule has 1 fully saturated rings. The van der Waals surface area contributed by atoms with Gasteiger partial charge in [-0.3, -0.25) is 0 Å². The minimum Gasteiger partial charge on any atom is -0.334 e. The van der Waals surface area contributed by atoms with Crippen LogP contribution in [-0.2, 0) is 6.54 Å². The van der Waals surface area contributed by atoms with Crippen LogP contribution in [0.15, 0.2) is 12.5 Å². The van der Waals surface area contributed by atoms with Gasteiger partial charge in [-0.25, -0.2) is 4.98 Å². The molecule has 0 unspecified atom stereocenters. The Morgan fingerprint density at radius 3 is 2.50 bits per heavy atom. The summed E-state index contributed by atoms with van der Waals surface area (Å²) in [5, 5.41) is 3.49. The molecule has 0 spiro atoms. The van der Waals surface area contributed by atoms with Crippen LogP contribution in [0.4, 0.5) is 0 Å². The van der Waals surface area contributed by atoms with Crippen molar-refractivity contribution in [3.05, 3.63) is 18.2 Å². The van der Waals surface area contributed by atoms with Gasteiger partial charge in [-0.05, 0) is 33.6 Å². The molecule has 1 N–H and O–H groups in total. The maximum Gasteiger partial charge on any atom is 0.0952 e. The number of rotatable bonds is 3. The first-order chi connectivity index (χ1) is 8.54. The van der Waals surface area contributed by atoms with Gasteiger partial charge >= 0.3 is 0 Å². The van der Waals surface area contributed by atoms with Crippen LogP contribution in [0.5, 0.6) is 0 Å². The van der Waals surface area contributed by atoms with Gasteiger partial charge in [0.25, 0.3) is 0 Å². The van der Waals surface area contributed by atoms with Gasteiger partial charge in [0, 0.05) is 24.3 Å². The second-order valence-electron chi connectivity index (χ2n) is 6.56. The van der Waals surface area contributed by atoms with Gasteiger partial charge in [-0.2, -0.15) is 0 Å². The van der Waals surface area contributed by atoms with E-state index in [2.05, 4.69) is 41.8 Å². The molecular formula is C15H27N3. The van der Waals surface area contributed by atoms with E-state index in [0.29, 0.717) is 6.04 Å². The van der Waals surface area contributed by atoms with E-state index in [1.165, 1.54) is 38.5 Å². The Kier molecular flexibility index (Phi) is 4.44. The predicted octanol–water partition coefficient (Wildman–Crippen LogP) is 3.67. The number of hydrogen-bond acceptors (Lipinski definition) is 2. The highest BCUT2D eigenvalue weighted by Gasteiger charge is 2.15. The molecule has 0 atom stereocenters. The second kappa shape index (κ2) is 5.87. The highest BCUT2D eigenvalue weighted by Crippen LogP contribution is 2.27. The van der Waals surface area contributed by atoms with Gasteiger partial charge in [0.05, 0.1) is 12.0 Å². The molecule has 0 aliphatic heterocycles. The third-order valence-electron chi connectivity index (χ3n) is 3.70. The van der Waals surface area contributed by atoms with E-state index in [1.807, 2.05) is 6.33 Å². The van der Waals surface area contributed by atoms with Crippen molar-refractivity contribution >= 4 is 0 Å². The zero-order chi connectivity index (χ0) is 13.0. The number of aromatic nitrogens is 2. The Labute approximate surface area is 111 Å². The molecule has 0 aromatic carbocycles. The smallest absolute Gasteiger partial charge is 0.0952 e. The van der Waals surface area contributed by atoms with Crippen LogP contribution < -0.4 is 5.32 Å². The average molecular weight is 249 g/mol. The van der Waals surface area contributed by atoms with Gasteiger partial charge in [0.1, 0.15) is 0 Å². The van der Waals surface area contributed by atoms with Gasteiger partial charge in [-0.15, -0.1) is 0 Å². The summed E-state index contributed by atoms with van der Waals surface area (Å²) in [7, 11) is 0. The van der Waals surface area contributed by atoms with Crippen molar-refractivity contribution in [2.45, 2.75) is 77.4 Å². The largest absolute Gasteiger partial charge is 0.334 e. The van der Waals surface area contributed by atoms with Crippen LogP contribution in [0, 0.1) is 0 Å². The van der Waals surface area contributed by atoms with Crippen molar-refractivity contribution in [1.29, 1.82) is 0 Å². The zero-order valence-electron chi connectivity index (χ0n) is 12.1. The zero-order valence-corrected chi connectivity index (χ0v) is 12.1. The Morgan fingerprint density at radius 2 is 1.89 bits per heavy atom. The molecule has 0 saturated heterocycles. The lowest BCUT2D eigenvalue weighted by molar-refractivity contribution is 0.420. The summed E-state index contributed by atoms with van der Waals surface area (Å²) in [5.74, 6) is 0. The molecule has 1 aliphatic carbocycles. The van der Waals surface area contributed by atoms with E-state index in [9.17, 15) is 0 Å². The quantitative estimate of drug-likeness (QED) is 0.828. The van der Waals surface area contributed by atoms with E-state index in [0.717, 1.165) is 12.2 Å². The Balaban J connectivity index is 1.92. The normalized spacial score (nSPS) is 18.8. The maximum atomic E-state index is 4.53. The topological polar surface area (TPSA) is 29.9 Å². The van der Waals surface area contributed by atoms with Crippen LogP contribution in [0.25, 0.3) is 0 Å². The molecule has 2 rings (SSSR count). The fourth-order valence-corrected chi connectivity index (χ4v) is 2.58.